The minimum absolute atomic E-state index is 0.0315. The van der Waals surface area contributed by atoms with Crippen LogP contribution >= 0.6 is 11.6 Å². The van der Waals surface area contributed by atoms with Crippen molar-refractivity contribution < 1.29 is 13.9 Å². The van der Waals surface area contributed by atoms with Crippen molar-refractivity contribution in [2.45, 2.75) is 18.1 Å². The maximum Gasteiger partial charge on any atom is 0.146 e. The molecule has 3 N–H and O–H groups in total. The van der Waals surface area contributed by atoms with E-state index in [-0.39, 0.29) is 10.6 Å². The minimum atomic E-state index is -1.48. The first-order valence-electron chi connectivity index (χ1n) is 4.98. The SMILES string of the molecule is N[C@](CF)(c1cccc(Cl)c1F)[C@H]1C[C@H]1O. The highest BCUT2D eigenvalue weighted by Gasteiger charge is 2.52. The van der Waals surface area contributed by atoms with E-state index >= 15 is 0 Å². The van der Waals surface area contributed by atoms with Gasteiger partial charge in [0, 0.05) is 11.5 Å². The van der Waals surface area contributed by atoms with Gasteiger partial charge in [0.15, 0.2) is 0 Å². The van der Waals surface area contributed by atoms with Gasteiger partial charge in [-0.1, -0.05) is 23.7 Å². The maximum atomic E-state index is 13.7. The number of hydrogen-bond donors (Lipinski definition) is 2. The Balaban J connectivity index is 2.44. The van der Waals surface area contributed by atoms with Crippen molar-refractivity contribution in [1.82, 2.24) is 0 Å². The summed E-state index contributed by atoms with van der Waals surface area (Å²) in [6.45, 7) is -0.925. The highest BCUT2D eigenvalue weighted by molar-refractivity contribution is 6.30. The van der Waals surface area contributed by atoms with Crippen molar-refractivity contribution in [1.29, 1.82) is 0 Å². The van der Waals surface area contributed by atoms with Crippen molar-refractivity contribution in [3.8, 4) is 0 Å². The van der Waals surface area contributed by atoms with E-state index in [9.17, 15) is 13.9 Å². The average molecular weight is 248 g/mol. The summed E-state index contributed by atoms with van der Waals surface area (Å²) in [4.78, 5) is 0. The Morgan fingerprint density at radius 1 is 1.56 bits per heavy atom. The Morgan fingerprint density at radius 2 is 2.19 bits per heavy atom. The molecule has 0 spiro atoms. The molecule has 1 fully saturated rings. The summed E-state index contributed by atoms with van der Waals surface area (Å²) in [5, 5.41) is 9.23. The van der Waals surface area contributed by atoms with E-state index in [0.717, 1.165) is 0 Å². The van der Waals surface area contributed by atoms with Crippen LogP contribution in [0.15, 0.2) is 18.2 Å². The van der Waals surface area contributed by atoms with Gasteiger partial charge in [-0.15, -0.1) is 0 Å². The highest BCUT2D eigenvalue weighted by Crippen LogP contribution is 2.45. The molecule has 0 aromatic heterocycles. The molecule has 0 unspecified atom stereocenters. The Bertz CT molecular complexity index is 415. The lowest BCUT2D eigenvalue weighted by atomic mass is 9.86. The summed E-state index contributed by atoms with van der Waals surface area (Å²) >= 11 is 5.62. The van der Waals surface area contributed by atoms with Gasteiger partial charge in [-0.2, -0.15) is 0 Å². The van der Waals surface area contributed by atoms with E-state index in [2.05, 4.69) is 0 Å². The lowest BCUT2D eigenvalue weighted by Crippen LogP contribution is -2.43. The van der Waals surface area contributed by atoms with Crippen LogP contribution in [0.25, 0.3) is 0 Å². The molecule has 5 heteroatoms. The fourth-order valence-corrected chi connectivity index (χ4v) is 2.14. The third kappa shape index (κ3) is 1.71. The van der Waals surface area contributed by atoms with Crippen molar-refractivity contribution in [3.05, 3.63) is 34.6 Å². The van der Waals surface area contributed by atoms with Gasteiger partial charge < -0.3 is 10.8 Å². The molecule has 1 aliphatic rings. The highest BCUT2D eigenvalue weighted by atomic mass is 35.5. The van der Waals surface area contributed by atoms with E-state index in [1.807, 2.05) is 0 Å². The Morgan fingerprint density at radius 3 is 2.69 bits per heavy atom. The average Bonchev–Trinajstić information content (AvgIpc) is 2.99. The predicted molar refractivity (Wildman–Crippen MR) is 57.4 cm³/mol. The van der Waals surface area contributed by atoms with Gasteiger partial charge in [-0.25, -0.2) is 8.78 Å². The number of halogens is 3. The molecule has 2 rings (SSSR count). The Kier molecular flexibility index (Phi) is 2.90. The second-order valence-electron chi connectivity index (χ2n) is 4.18. The summed E-state index contributed by atoms with van der Waals surface area (Å²) < 4.78 is 26.8. The number of benzene rings is 1. The molecule has 0 saturated heterocycles. The van der Waals surface area contributed by atoms with Crippen LogP contribution in [0.2, 0.25) is 5.02 Å². The van der Waals surface area contributed by atoms with Crippen LogP contribution in [-0.4, -0.2) is 17.9 Å². The molecule has 0 bridgehead atoms. The molecule has 1 aliphatic carbocycles. The zero-order valence-corrected chi connectivity index (χ0v) is 9.22. The van der Waals surface area contributed by atoms with E-state index in [4.69, 9.17) is 17.3 Å². The summed E-state index contributed by atoms with van der Waals surface area (Å²) in [6, 6.07) is 4.31. The quantitative estimate of drug-likeness (QED) is 0.858. The van der Waals surface area contributed by atoms with Crippen molar-refractivity contribution in [2.75, 3.05) is 6.67 Å². The molecule has 0 amide bonds. The summed E-state index contributed by atoms with van der Waals surface area (Å²) in [5.74, 6) is -1.14. The molecule has 0 heterocycles. The zero-order valence-electron chi connectivity index (χ0n) is 8.46. The third-order valence-electron chi connectivity index (χ3n) is 3.09. The minimum Gasteiger partial charge on any atom is -0.393 e. The maximum absolute atomic E-state index is 13.7. The van der Waals surface area contributed by atoms with Crippen LogP contribution in [0.3, 0.4) is 0 Å². The van der Waals surface area contributed by atoms with Gasteiger partial charge in [0.05, 0.1) is 16.7 Å². The number of nitrogens with two attached hydrogens (primary N) is 1. The molecule has 3 atom stereocenters. The van der Waals surface area contributed by atoms with Crippen LogP contribution in [0.4, 0.5) is 8.78 Å². The number of rotatable bonds is 3. The molecule has 1 aromatic carbocycles. The van der Waals surface area contributed by atoms with Gasteiger partial charge in [0.2, 0.25) is 0 Å². The summed E-state index contributed by atoms with van der Waals surface area (Å²) in [7, 11) is 0. The fraction of sp³-hybridized carbons (Fsp3) is 0.455. The molecule has 2 nitrogen and oxygen atoms in total. The summed E-state index contributed by atoms with van der Waals surface area (Å²) in [6.07, 6.45) is -0.258. The molecular formula is C11H12ClF2NO. The van der Waals surface area contributed by atoms with Crippen molar-refractivity contribution in [2.24, 2.45) is 11.7 Å². The van der Waals surface area contributed by atoms with Gasteiger partial charge in [-0.05, 0) is 12.5 Å². The number of alkyl halides is 1. The van der Waals surface area contributed by atoms with Gasteiger partial charge in [0.1, 0.15) is 12.5 Å². The number of aliphatic hydroxyl groups excluding tert-OH is 1. The smallest absolute Gasteiger partial charge is 0.146 e. The first-order chi connectivity index (χ1) is 7.50. The second kappa shape index (κ2) is 3.95. The van der Waals surface area contributed by atoms with Crippen LogP contribution < -0.4 is 5.73 Å². The first-order valence-corrected chi connectivity index (χ1v) is 5.36. The molecule has 0 radical (unpaired) electrons. The third-order valence-corrected chi connectivity index (χ3v) is 3.38. The Labute approximate surface area is 97.0 Å². The first kappa shape index (κ1) is 11.8. The monoisotopic (exact) mass is 247 g/mol. The standard InChI is InChI=1S/C11H12ClF2NO/c12-8-3-1-2-6(10(8)14)11(15,5-13)7-4-9(7)16/h1-3,7,9,16H,4-5,15H2/t7-,9+,11+/m0/s1. The lowest BCUT2D eigenvalue weighted by Gasteiger charge is -2.27. The molecule has 88 valence electrons. The molecule has 1 saturated carbocycles. The van der Waals surface area contributed by atoms with Crippen LogP contribution in [0, 0.1) is 11.7 Å². The Hall–Kier alpha value is -0.710. The van der Waals surface area contributed by atoms with Crippen molar-refractivity contribution >= 4 is 11.6 Å². The predicted octanol–water partition coefficient (Wildman–Crippen LogP) is 1.98. The van der Waals surface area contributed by atoms with E-state index in [0.29, 0.717) is 6.42 Å². The largest absolute Gasteiger partial charge is 0.393 e. The van der Waals surface area contributed by atoms with Crippen LogP contribution in [0.5, 0.6) is 0 Å². The van der Waals surface area contributed by atoms with Gasteiger partial charge >= 0.3 is 0 Å². The number of aliphatic hydroxyl groups is 1. The second-order valence-corrected chi connectivity index (χ2v) is 4.59. The molecule has 1 aromatic rings. The zero-order chi connectivity index (χ0) is 11.9. The van der Waals surface area contributed by atoms with E-state index in [1.165, 1.54) is 18.2 Å². The van der Waals surface area contributed by atoms with Gasteiger partial charge in [-0.3, -0.25) is 0 Å². The topological polar surface area (TPSA) is 46.2 Å². The normalized spacial score (nSPS) is 27.6. The van der Waals surface area contributed by atoms with E-state index in [1.54, 1.807) is 0 Å². The molecule has 16 heavy (non-hydrogen) atoms. The van der Waals surface area contributed by atoms with E-state index < -0.39 is 30.1 Å². The number of hydrogen-bond acceptors (Lipinski definition) is 2. The summed E-state index contributed by atoms with van der Waals surface area (Å²) in [5.41, 5.74) is 4.40. The molecular weight excluding hydrogens is 236 g/mol. The van der Waals surface area contributed by atoms with Crippen LogP contribution in [0.1, 0.15) is 12.0 Å². The van der Waals surface area contributed by atoms with Crippen LogP contribution in [-0.2, 0) is 5.54 Å². The van der Waals surface area contributed by atoms with Crippen molar-refractivity contribution in [3.63, 3.8) is 0 Å². The molecule has 0 aliphatic heterocycles. The fourth-order valence-electron chi connectivity index (χ4n) is 1.97. The van der Waals surface area contributed by atoms with Gasteiger partial charge in [0.25, 0.3) is 0 Å². The lowest BCUT2D eigenvalue weighted by molar-refractivity contribution is 0.195.